The number of methoxy groups -OCH3 is 1. The highest BCUT2D eigenvalue weighted by molar-refractivity contribution is 5.88. The molecule has 0 saturated carbocycles. The van der Waals surface area contributed by atoms with Crippen LogP contribution in [0.4, 0.5) is 0 Å². The van der Waals surface area contributed by atoms with Gasteiger partial charge in [0.2, 0.25) is 5.91 Å². The van der Waals surface area contributed by atoms with E-state index in [1.807, 2.05) is 12.1 Å². The molecule has 5 heteroatoms. The van der Waals surface area contributed by atoms with Crippen molar-refractivity contribution in [1.29, 1.82) is 0 Å². The minimum atomic E-state index is -0.424. The summed E-state index contributed by atoms with van der Waals surface area (Å²) in [4.78, 5) is 26.7. The number of esters is 1. The molecule has 1 amide bonds. The lowest BCUT2D eigenvalue weighted by molar-refractivity contribution is -0.141. The number of benzene rings is 1. The maximum Gasteiger partial charge on any atom is 0.325 e. The number of aromatic amines is 1. The number of nitrogens with one attached hydrogen (secondary N) is 2. The van der Waals surface area contributed by atoms with Gasteiger partial charge in [-0.15, -0.1) is 0 Å². The molecule has 0 saturated heterocycles. The lowest BCUT2D eigenvalue weighted by Crippen LogP contribution is -2.37. The molecule has 1 atom stereocenters. The van der Waals surface area contributed by atoms with Crippen LogP contribution < -0.4 is 5.32 Å². The van der Waals surface area contributed by atoms with E-state index in [1.54, 1.807) is 0 Å². The minimum absolute atomic E-state index is 0.0629. The van der Waals surface area contributed by atoms with Gasteiger partial charge in [0.05, 0.1) is 7.11 Å². The van der Waals surface area contributed by atoms with Crippen molar-refractivity contribution in [3.05, 3.63) is 35.5 Å². The number of hydrogen-bond acceptors (Lipinski definition) is 3. The summed E-state index contributed by atoms with van der Waals surface area (Å²) in [5.74, 6) is -0.579. The zero-order valence-electron chi connectivity index (χ0n) is 11.9. The first-order chi connectivity index (χ1) is 10.2. The molecule has 21 heavy (non-hydrogen) atoms. The molecule has 0 spiro atoms. The Labute approximate surface area is 122 Å². The number of carbonyl (C=O) groups is 2. The third kappa shape index (κ3) is 2.63. The Morgan fingerprint density at radius 3 is 3.00 bits per heavy atom. The van der Waals surface area contributed by atoms with Crippen LogP contribution in [-0.2, 0) is 27.2 Å². The lowest BCUT2D eigenvalue weighted by Gasteiger charge is -2.21. The van der Waals surface area contributed by atoms with E-state index in [0.717, 1.165) is 18.4 Å². The van der Waals surface area contributed by atoms with E-state index in [2.05, 4.69) is 27.2 Å². The van der Waals surface area contributed by atoms with Crippen molar-refractivity contribution in [3.8, 4) is 0 Å². The number of ether oxygens (including phenoxy) is 1. The summed E-state index contributed by atoms with van der Waals surface area (Å²) >= 11 is 0. The summed E-state index contributed by atoms with van der Waals surface area (Å²) in [5.41, 5.74) is 3.58. The van der Waals surface area contributed by atoms with Crippen molar-refractivity contribution < 1.29 is 14.3 Å². The molecule has 5 nitrogen and oxygen atoms in total. The number of carbonyl (C=O) groups excluding carboxylic acids is 2. The Bertz CT molecular complexity index is 690. The van der Waals surface area contributed by atoms with Gasteiger partial charge in [0, 0.05) is 22.5 Å². The molecule has 1 unspecified atom stereocenters. The highest BCUT2D eigenvalue weighted by Crippen LogP contribution is 2.31. The Hall–Kier alpha value is -2.30. The topological polar surface area (TPSA) is 71.2 Å². The van der Waals surface area contributed by atoms with Crippen molar-refractivity contribution in [3.63, 3.8) is 0 Å². The summed E-state index contributed by atoms with van der Waals surface area (Å²) in [6.45, 7) is -0.0629. The molecule has 0 fully saturated rings. The molecule has 1 aliphatic carbocycles. The monoisotopic (exact) mass is 286 g/mol. The second-order valence-corrected chi connectivity index (χ2v) is 5.36. The van der Waals surface area contributed by atoms with Crippen molar-refractivity contribution in [1.82, 2.24) is 10.3 Å². The quantitative estimate of drug-likeness (QED) is 0.841. The second-order valence-electron chi connectivity index (χ2n) is 5.36. The zero-order chi connectivity index (χ0) is 14.8. The molecular formula is C16H18N2O3. The fourth-order valence-electron chi connectivity index (χ4n) is 2.97. The van der Waals surface area contributed by atoms with Crippen molar-refractivity contribution in [2.45, 2.75) is 19.3 Å². The molecule has 0 radical (unpaired) electrons. The van der Waals surface area contributed by atoms with Crippen LogP contribution in [0.5, 0.6) is 0 Å². The van der Waals surface area contributed by atoms with E-state index in [4.69, 9.17) is 0 Å². The average molecular weight is 286 g/mol. The molecule has 0 bridgehead atoms. The minimum Gasteiger partial charge on any atom is -0.468 e. The van der Waals surface area contributed by atoms with Crippen molar-refractivity contribution in [2.24, 2.45) is 5.92 Å². The van der Waals surface area contributed by atoms with E-state index in [1.165, 1.54) is 23.8 Å². The van der Waals surface area contributed by atoms with Crippen LogP contribution in [0.15, 0.2) is 24.3 Å². The molecule has 1 heterocycles. The van der Waals surface area contributed by atoms with Gasteiger partial charge in [-0.05, 0) is 30.9 Å². The molecule has 110 valence electrons. The number of rotatable bonds is 3. The Morgan fingerprint density at radius 1 is 1.38 bits per heavy atom. The first kappa shape index (κ1) is 13.7. The van der Waals surface area contributed by atoms with Gasteiger partial charge in [-0.1, -0.05) is 18.2 Å². The van der Waals surface area contributed by atoms with E-state index in [-0.39, 0.29) is 18.4 Å². The first-order valence-corrected chi connectivity index (χ1v) is 7.12. The van der Waals surface area contributed by atoms with Gasteiger partial charge in [-0.2, -0.15) is 0 Å². The Balaban J connectivity index is 1.74. The fraction of sp³-hybridized carbons (Fsp3) is 0.375. The number of aryl methyl sites for hydroxylation is 1. The normalized spacial score (nSPS) is 17.3. The van der Waals surface area contributed by atoms with Crippen LogP contribution in [0.25, 0.3) is 10.9 Å². The van der Waals surface area contributed by atoms with Gasteiger partial charge >= 0.3 is 5.97 Å². The highest BCUT2D eigenvalue weighted by Gasteiger charge is 2.27. The summed E-state index contributed by atoms with van der Waals surface area (Å²) in [5, 5.41) is 3.84. The number of para-hydroxylation sites is 1. The van der Waals surface area contributed by atoms with Crippen LogP contribution in [0.1, 0.15) is 17.7 Å². The number of H-pyrrole nitrogens is 1. The predicted molar refractivity (Wildman–Crippen MR) is 78.8 cm³/mol. The van der Waals surface area contributed by atoms with Gasteiger partial charge in [0.1, 0.15) is 6.54 Å². The highest BCUT2D eigenvalue weighted by atomic mass is 16.5. The van der Waals surface area contributed by atoms with E-state index >= 15 is 0 Å². The van der Waals surface area contributed by atoms with E-state index in [0.29, 0.717) is 6.42 Å². The van der Waals surface area contributed by atoms with E-state index in [9.17, 15) is 9.59 Å². The van der Waals surface area contributed by atoms with E-state index < -0.39 is 5.97 Å². The maximum atomic E-state index is 12.2. The van der Waals surface area contributed by atoms with Crippen LogP contribution in [0.3, 0.4) is 0 Å². The molecule has 2 aromatic rings. The first-order valence-electron chi connectivity index (χ1n) is 7.12. The summed E-state index contributed by atoms with van der Waals surface area (Å²) in [6.07, 6.45) is 2.37. The lowest BCUT2D eigenvalue weighted by atomic mass is 9.86. The molecular weight excluding hydrogens is 268 g/mol. The summed E-state index contributed by atoms with van der Waals surface area (Å²) in [7, 11) is 1.31. The van der Waals surface area contributed by atoms with Gasteiger partial charge in [-0.25, -0.2) is 0 Å². The number of aromatic nitrogens is 1. The third-order valence-corrected chi connectivity index (χ3v) is 4.10. The summed E-state index contributed by atoms with van der Waals surface area (Å²) in [6, 6.07) is 8.15. The van der Waals surface area contributed by atoms with Crippen LogP contribution >= 0.6 is 0 Å². The summed E-state index contributed by atoms with van der Waals surface area (Å²) < 4.78 is 4.53. The number of fused-ring (bicyclic) bond motifs is 3. The van der Waals surface area contributed by atoms with Gasteiger partial charge in [0.25, 0.3) is 0 Å². The van der Waals surface area contributed by atoms with Crippen LogP contribution in [0.2, 0.25) is 0 Å². The van der Waals surface area contributed by atoms with Gasteiger partial charge in [0.15, 0.2) is 0 Å². The molecule has 0 aliphatic heterocycles. The predicted octanol–water partition coefficient (Wildman–Crippen LogP) is 1.56. The third-order valence-electron chi connectivity index (χ3n) is 4.10. The number of amides is 1. The standard InChI is InChI=1S/C16H18N2O3/c1-21-15(19)9-17-16(20)10-6-7-14-12(8-10)11-4-2-3-5-13(11)18-14/h2-5,10,18H,6-9H2,1H3,(H,17,20). The van der Waals surface area contributed by atoms with Crippen LogP contribution in [0, 0.1) is 5.92 Å². The van der Waals surface area contributed by atoms with Crippen molar-refractivity contribution in [2.75, 3.05) is 13.7 Å². The maximum absolute atomic E-state index is 12.2. The second kappa shape index (κ2) is 5.60. The molecule has 1 aromatic carbocycles. The molecule has 1 aliphatic rings. The molecule has 1 aromatic heterocycles. The Morgan fingerprint density at radius 2 is 2.19 bits per heavy atom. The molecule has 3 rings (SSSR count). The zero-order valence-corrected chi connectivity index (χ0v) is 11.9. The van der Waals surface area contributed by atoms with Crippen molar-refractivity contribution >= 4 is 22.8 Å². The largest absolute Gasteiger partial charge is 0.468 e. The Kier molecular flexibility index (Phi) is 3.64. The average Bonchev–Trinajstić information content (AvgIpc) is 2.90. The van der Waals surface area contributed by atoms with Gasteiger partial charge in [-0.3, -0.25) is 9.59 Å². The smallest absolute Gasteiger partial charge is 0.325 e. The van der Waals surface area contributed by atoms with Gasteiger partial charge < -0.3 is 15.0 Å². The SMILES string of the molecule is COC(=O)CNC(=O)C1CCc2[nH]c3ccccc3c2C1. The number of hydrogen-bond donors (Lipinski definition) is 2. The fourth-order valence-corrected chi connectivity index (χ4v) is 2.97. The van der Waals surface area contributed by atoms with Crippen LogP contribution in [-0.4, -0.2) is 30.5 Å². The molecule has 2 N–H and O–H groups in total.